The highest BCUT2D eigenvalue weighted by molar-refractivity contribution is 9.10. The van der Waals surface area contributed by atoms with E-state index in [0.29, 0.717) is 27.5 Å². The van der Waals surface area contributed by atoms with E-state index in [9.17, 15) is 4.79 Å². The molecule has 0 spiro atoms. The van der Waals surface area contributed by atoms with Gasteiger partial charge in [0.05, 0.1) is 15.7 Å². The molecule has 5 rings (SSSR count). The van der Waals surface area contributed by atoms with Gasteiger partial charge in [0, 0.05) is 51.0 Å². The second-order valence-corrected chi connectivity index (χ2v) is 9.42. The van der Waals surface area contributed by atoms with Crippen LogP contribution < -0.4 is 16.0 Å². The van der Waals surface area contributed by atoms with Crippen LogP contribution >= 0.6 is 15.9 Å². The minimum atomic E-state index is -0.171. The summed E-state index contributed by atoms with van der Waals surface area (Å²) in [5, 5.41) is 9.24. The SMILES string of the molecule is CNC(=O)c1ccccc1Nc1nc(Nc2ccc3c(c2)CCN(Cc2ccncc2)C3)ncc1Br. The van der Waals surface area contributed by atoms with E-state index < -0.39 is 0 Å². The molecule has 0 saturated carbocycles. The molecule has 1 aliphatic rings. The molecule has 2 aromatic carbocycles. The van der Waals surface area contributed by atoms with Crippen LogP contribution in [-0.4, -0.2) is 39.4 Å². The van der Waals surface area contributed by atoms with Gasteiger partial charge in [-0.3, -0.25) is 14.7 Å². The van der Waals surface area contributed by atoms with Gasteiger partial charge in [0.2, 0.25) is 5.95 Å². The number of fused-ring (bicyclic) bond motifs is 1. The first kappa shape index (κ1) is 23.9. The van der Waals surface area contributed by atoms with E-state index in [-0.39, 0.29) is 5.91 Å². The van der Waals surface area contributed by atoms with Crippen LogP contribution in [0.2, 0.25) is 0 Å². The highest BCUT2D eigenvalue weighted by Gasteiger charge is 2.17. The number of carbonyl (C=O) groups is 1. The van der Waals surface area contributed by atoms with E-state index in [2.05, 4.69) is 82.1 Å². The van der Waals surface area contributed by atoms with Crippen molar-refractivity contribution in [2.24, 2.45) is 0 Å². The number of rotatable bonds is 7. The molecule has 3 heterocycles. The van der Waals surface area contributed by atoms with Crippen molar-refractivity contribution in [1.29, 1.82) is 0 Å². The van der Waals surface area contributed by atoms with E-state index in [1.807, 2.05) is 30.6 Å². The van der Waals surface area contributed by atoms with E-state index >= 15 is 0 Å². The van der Waals surface area contributed by atoms with Crippen molar-refractivity contribution in [3.8, 4) is 0 Å². The van der Waals surface area contributed by atoms with E-state index in [1.165, 1.54) is 16.7 Å². The lowest BCUT2D eigenvalue weighted by molar-refractivity contribution is 0.0964. The third-order valence-electron chi connectivity index (χ3n) is 6.11. The Kier molecular flexibility index (Phi) is 7.20. The molecule has 0 fully saturated rings. The van der Waals surface area contributed by atoms with Crippen LogP contribution in [0, 0.1) is 0 Å². The number of hydrogen-bond acceptors (Lipinski definition) is 7. The van der Waals surface area contributed by atoms with Crippen molar-refractivity contribution >= 4 is 45.0 Å². The van der Waals surface area contributed by atoms with Gasteiger partial charge in [0.15, 0.2) is 0 Å². The lowest BCUT2D eigenvalue weighted by Crippen LogP contribution is -2.30. The van der Waals surface area contributed by atoms with Gasteiger partial charge in [0.25, 0.3) is 5.91 Å². The zero-order valence-electron chi connectivity index (χ0n) is 19.8. The molecule has 0 bridgehead atoms. The minimum absolute atomic E-state index is 0.171. The fraction of sp³-hybridized carbons (Fsp3) is 0.185. The largest absolute Gasteiger partial charge is 0.355 e. The first-order valence-corrected chi connectivity index (χ1v) is 12.5. The molecule has 3 N–H and O–H groups in total. The predicted octanol–water partition coefficient (Wildman–Crippen LogP) is 5.04. The molecule has 9 heteroatoms. The molecule has 0 aliphatic carbocycles. The summed E-state index contributed by atoms with van der Waals surface area (Å²) in [6.45, 7) is 2.85. The minimum Gasteiger partial charge on any atom is -0.355 e. The Balaban J connectivity index is 1.29. The lowest BCUT2D eigenvalue weighted by atomic mass is 9.98. The van der Waals surface area contributed by atoms with Gasteiger partial charge < -0.3 is 16.0 Å². The average molecular weight is 544 g/mol. The van der Waals surface area contributed by atoms with Gasteiger partial charge >= 0.3 is 0 Å². The summed E-state index contributed by atoms with van der Waals surface area (Å²) in [6.07, 6.45) is 6.36. The van der Waals surface area contributed by atoms with Crippen molar-refractivity contribution in [1.82, 2.24) is 25.2 Å². The molecule has 36 heavy (non-hydrogen) atoms. The first-order valence-electron chi connectivity index (χ1n) is 11.7. The normalized spacial score (nSPS) is 13.1. The van der Waals surface area contributed by atoms with Crippen molar-refractivity contribution < 1.29 is 4.79 Å². The Labute approximate surface area is 218 Å². The number of halogens is 1. The molecule has 2 aromatic heterocycles. The van der Waals surface area contributed by atoms with Crippen LogP contribution in [0.5, 0.6) is 0 Å². The molecule has 0 unspecified atom stereocenters. The Morgan fingerprint density at radius 3 is 2.72 bits per heavy atom. The van der Waals surface area contributed by atoms with Gasteiger partial charge in [-0.05, 0) is 75.4 Å². The number of nitrogens with zero attached hydrogens (tertiary/aromatic N) is 4. The fourth-order valence-electron chi connectivity index (χ4n) is 4.27. The van der Waals surface area contributed by atoms with Crippen LogP contribution in [0.3, 0.4) is 0 Å². The van der Waals surface area contributed by atoms with Crippen LogP contribution in [0.25, 0.3) is 0 Å². The van der Waals surface area contributed by atoms with Crippen LogP contribution in [0.1, 0.15) is 27.0 Å². The Hall–Kier alpha value is -3.82. The Bertz CT molecular complexity index is 1380. The maximum absolute atomic E-state index is 12.2. The lowest BCUT2D eigenvalue weighted by Gasteiger charge is -2.29. The number of aromatic nitrogens is 3. The molecule has 0 atom stereocenters. The molecule has 4 aromatic rings. The summed E-state index contributed by atoms with van der Waals surface area (Å²) >= 11 is 3.51. The highest BCUT2D eigenvalue weighted by Crippen LogP contribution is 2.28. The number of pyridine rings is 1. The van der Waals surface area contributed by atoms with Gasteiger partial charge in [-0.1, -0.05) is 18.2 Å². The number of benzene rings is 2. The smallest absolute Gasteiger partial charge is 0.253 e. The van der Waals surface area contributed by atoms with Gasteiger partial charge in [-0.25, -0.2) is 4.98 Å². The maximum Gasteiger partial charge on any atom is 0.253 e. The molecule has 8 nitrogen and oxygen atoms in total. The summed E-state index contributed by atoms with van der Waals surface area (Å²) in [5.74, 6) is 0.858. The molecule has 1 aliphatic heterocycles. The number of para-hydroxylation sites is 1. The molecule has 0 radical (unpaired) electrons. The van der Waals surface area contributed by atoms with Gasteiger partial charge in [-0.15, -0.1) is 0 Å². The Morgan fingerprint density at radius 1 is 1.06 bits per heavy atom. The molecule has 182 valence electrons. The molecular formula is C27H26BrN7O. The number of carbonyl (C=O) groups excluding carboxylic acids is 1. The maximum atomic E-state index is 12.2. The summed E-state index contributed by atoms with van der Waals surface area (Å²) in [6, 6.07) is 17.9. The third-order valence-corrected chi connectivity index (χ3v) is 6.69. The van der Waals surface area contributed by atoms with Crippen molar-refractivity contribution in [2.45, 2.75) is 19.5 Å². The highest BCUT2D eigenvalue weighted by atomic mass is 79.9. The number of hydrogen-bond donors (Lipinski definition) is 3. The van der Waals surface area contributed by atoms with Gasteiger partial charge in [0.1, 0.15) is 5.82 Å². The number of amides is 1. The van der Waals surface area contributed by atoms with Crippen LogP contribution in [-0.2, 0) is 19.5 Å². The predicted molar refractivity (Wildman–Crippen MR) is 145 cm³/mol. The zero-order chi connectivity index (χ0) is 24.9. The van der Waals surface area contributed by atoms with Crippen LogP contribution in [0.15, 0.2) is 77.7 Å². The third kappa shape index (κ3) is 5.53. The summed E-state index contributed by atoms with van der Waals surface area (Å²) < 4.78 is 0.694. The second-order valence-electron chi connectivity index (χ2n) is 8.56. The standard InChI is InChI=1S/C27H26BrN7O/c1-29-26(36)22-4-2-3-5-24(22)33-25-23(28)15-31-27(34-25)32-21-7-6-20-17-35(13-10-19(20)14-21)16-18-8-11-30-12-9-18/h2-9,11-12,14-15H,10,13,16-17H2,1H3,(H,29,36)(H2,31,32,33,34). The summed E-state index contributed by atoms with van der Waals surface area (Å²) in [5.41, 5.74) is 6.09. The zero-order valence-corrected chi connectivity index (χ0v) is 21.4. The van der Waals surface area contributed by atoms with Crippen LogP contribution in [0.4, 0.5) is 23.1 Å². The molecule has 0 saturated heterocycles. The molecule has 1 amide bonds. The quantitative estimate of drug-likeness (QED) is 0.300. The Morgan fingerprint density at radius 2 is 1.89 bits per heavy atom. The first-order chi connectivity index (χ1) is 17.6. The fourth-order valence-corrected chi connectivity index (χ4v) is 4.56. The second kappa shape index (κ2) is 10.8. The summed E-state index contributed by atoms with van der Waals surface area (Å²) in [7, 11) is 1.61. The van der Waals surface area contributed by atoms with Crippen molar-refractivity contribution in [3.05, 3.63) is 99.9 Å². The van der Waals surface area contributed by atoms with Gasteiger partial charge in [-0.2, -0.15) is 4.98 Å². The van der Waals surface area contributed by atoms with E-state index in [4.69, 9.17) is 0 Å². The molecular weight excluding hydrogens is 518 g/mol. The van der Waals surface area contributed by atoms with E-state index in [0.717, 1.165) is 31.7 Å². The van der Waals surface area contributed by atoms with Crippen molar-refractivity contribution in [2.75, 3.05) is 24.2 Å². The topological polar surface area (TPSA) is 95.1 Å². The monoisotopic (exact) mass is 543 g/mol. The average Bonchev–Trinajstić information content (AvgIpc) is 2.91. The van der Waals surface area contributed by atoms with E-state index in [1.54, 1.807) is 19.3 Å². The number of nitrogens with one attached hydrogen (secondary N) is 3. The number of anilines is 4. The van der Waals surface area contributed by atoms with Crippen molar-refractivity contribution in [3.63, 3.8) is 0 Å². The summed E-state index contributed by atoms with van der Waals surface area (Å²) in [4.78, 5) is 27.8.